The molecule has 0 spiro atoms. The molecule has 0 aliphatic rings. The van der Waals surface area contributed by atoms with Gasteiger partial charge in [0.1, 0.15) is 5.75 Å². The number of ether oxygens (including phenoxy) is 1. The maximum absolute atomic E-state index is 12.3. The van der Waals surface area contributed by atoms with Gasteiger partial charge in [-0.1, -0.05) is 11.6 Å². The van der Waals surface area contributed by atoms with E-state index in [1.807, 2.05) is 0 Å². The fraction of sp³-hybridized carbons (Fsp3) is 0.182. The van der Waals surface area contributed by atoms with E-state index < -0.39 is 17.9 Å². The molecule has 21 heavy (non-hydrogen) atoms. The minimum atomic E-state index is -5.14. The molecule has 0 atom stereocenters. The van der Waals surface area contributed by atoms with E-state index in [0.29, 0.717) is 0 Å². The molecule has 0 amide bonds. The fourth-order valence-corrected chi connectivity index (χ4v) is 1.52. The van der Waals surface area contributed by atoms with E-state index in [9.17, 15) is 18.0 Å². The van der Waals surface area contributed by atoms with E-state index in [1.54, 1.807) is 0 Å². The monoisotopic (exact) mass is 321 g/mol. The van der Waals surface area contributed by atoms with Crippen LogP contribution in [-0.2, 0) is 11.3 Å². The summed E-state index contributed by atoms with van der Waals surface area (Å²) in [4.78, 5) is 10.9. The zero-order valence-electron chi connectivity index (χ0n) is 10.1. The average molecular weight is 322 g/mol. The highest BCUT2D eigenvalue weighted by atomic mass is 35.5. The van der Waals surface area contributed by atoms with Gasteiger partial charge in [0.2, 0.25) is 5.89 Å². The Kier molecular flexibility index (Phi) is 4.14. The number of carbonyl (C=O) groups is 1. The number of nitrogens with zero attached hydrogens (tertiary/aromatic N) is 2. The highest BCUT2D eigenvalue weighted by Gasteiger charge is 2.41. The number of hydrogen-bond donors (Lipinski definition) is 1. The molecule has 0 saturated heterocycles. The van der Waals surface area contributed by atoms with Crippen molar-refractivity contribution in [1.29, 1.82) is 0 Å². The molecule has 0 unspecified atom stereocenters. The van der Waals surface area contributed by atoms with Gasteiger partial charge in [0, 0.05) is 11.1 Å². The van der Waals surface area contributed by atoms with Gasteiger partial charge in [0.15, 0.2) is 0 Å². The summed E-state index contributed by atoms with van der Waals surface area (Å²) in [5.41, 5.74) is 5.28. The molecule has 0 aliphatic carbocycles. The molecule has 6 nitrogen and oxygen atoms in total. The standard InChI is InChI=1S/C11H7ClF3N3O3/c12-5-1-2-6(9-18-17-8(4-16)21-9)7(3-5)20-10(19)11(13,14)15/h1-3H,4,16H2. The highest BCUT2D eigenvalue weighted by Crippen LogP contribution is 2.33. The second-order valence-electron chi connectivity index (χ2n) is 3.73. The van der Waals surface area contributed by atoms with E-state index in [0.717, 1.165) is 6.07 Å². The minimum absolute atomic E-state index is 0.0100. The first-order chi connectivity index (χ1) is 9.81. The van der Waals surface area contributed by atoms with Crippen molar-refractivity contribution in [3.05, 3.63) is 29.1 Å². The van der Waals surface area contributed by atoms with Gasteiger partial charge in [-0.3, -0.25) is 0 Å². The van der Waals surface area contributed by atoms with Crippen LogP contribution in [0.2, 0.25) is 5.02 Å². The SMILES string of the molecule is NCc1nnc(-c2ccc(Cl)cc2OC(=O)C(F)(F)F)o1. The molecule has 1 aromatic heterocycles. The summed E-state index contributed by atoms with van der Waals surface area (Å²) in [6.45, 7) is -0.0434. The van der Waals surface area contributed by atoms with Gasteiger partial charge in [-0.15, -0.1) is 10.2 Å². The predicted molar refractivity (Wildman–Crippen MR) is 64.3 cm³/mol. The second kappa shape index (κ2) is 5.70. The van der Waals surface area contributed by atoms with Crippen molar-refractivity contribution in [2.45, 2.75) is 12.7 Å². The Morgan fingerprint density at radius 2 is 2.10 bits per heavy atom. The Labute approximate surface area is 120 Å². The first-order valence-electron chi connectivity index (χ1n) is 5.42. The van der Waals surface area contributed by atoms with Crippen molar-refractivity contribution >= 4 is 17.6 Å². The molecule has 0 radical (unpaired) electrons. The maximum atomic E-state index is 12.3. The molecular formula is C11H7ClF3N3O3. The molecule has 0 fully saturated rings. The third-order valence-electron chi connectivity index (χ3n) is 2.25. The number of aromatic nitrogens is 2. The van der Waals surface area contributed by atoms with Crippen LogP contribution in [0.15, 0.2) is 22.6 Å². The van der Waals surface area contributed by atoms with Crippen LogP contribution in [-0.4, -0.2) is 22.3 Å². The lowest BCUT2D eigenvalue weighted by molar-refractivity contribution is -0.189. The van der Waals surface area contributed by atoms with Gasteiger partial charge in [-0.2, -0.15) is 13.2 Å². The Morgan fingerprint density at radius 3 is 2.67 bits per heavy atom. The molecule has 2 rings (SSSR count). The van der Waals surface area contributed by atoms with Crippen LogP contribution >= 0.6 is 11.6 Å². The predicted octanol–water partition coefficient (Wildman–Crippen LogP) is 2.32. The second-order valence-corrected chi connectivity index (χ2v) is 4.17. The largest absolute Gasteiger partial charge is 0.491 e. The Balaban J connectivity index is 2.40. The highest BCUT2D eigenvalue weighted by molar-refractivity contribution is 6.30. The number of nitrogens with two attached hydrogens (primary N) is 1. The summed E-state index contributed by atoms with van der Waals surface area (Å²) in [5, 5.41) is 7.24. The molecule has 112 valence electrons. The zero-order valence-corrected chi connectivity index (χ0v) is 10.9. The Bertz CT molecular complexity index is 672. The third kappa shape index (κ3) is 3.50. The van der Waals surface area contributed by atoms with Crippen molar-refractivity contribution < 1.29 is 27.1 Å². The number of carbonyl (C=O) groups excluding carboxylic acids is 1. The summed E-state index contributed by atoms with van der Waals surface area (Å²) >= 11 is 5.68. The quantitative estimate of drug-likeness (QED) is 0.689. The molecule has 0 saturated carbocycles. The van der Waals surface area contributed by atoms with Crippen molar-refractivity contribution in [2.24, 2.45) is 5.73 Å². The van der Waals surface area contributed by atoms with Crippen LogP contribution < -0.4 is 10.5 Å². The van der Waals surface area contributed by atoms with E-state index in [2.05, 4.69) is 14.9 Å². The number of alkyl halides is 3. The summed E-state index contributed by atoms with van der Waals surface area (Å²) in [5.74, 6) is -2.90. The van der Waals surface area contributed by atoms with Crippen LogP contribution in [0.1, 0.15) is 5.89 Å². The molecule has 1 heterocycles. The lowest BCUT2D eigenvalue weighted by atomic mass is 10.2. The number of halogens is 4. The van der Waals surface area contributed by atoms with Crippen LogP contribution in [0.5, 0.6) is 5.75 Å². The number of rotatable bonds is 3. The van der Waals surface area contributed by atoms with E-state index in [1.165, 1.54) is 12.1 Å². The van der Waals surface area contributed by atoms with Crippen molar-refractivity contribution in [2.75, 3.05) is 0 Å². The van der Waals surface area contributed by atoms with Gasteiger partial charge in [0.05, 0.1) is 12.1 Å². The maximum Gasteiger partial charge on any atom is 0.491 e. The summed E-state index contributed by atoms with van der Waals surface area (Å²) in [7, 11) is 0. The molecule has 1 aromatic carbocycles. The lowest BCUT2D eigenvalue weighted by Gasteiger charge is -2.09. The van der Waals surface area contributed by atoms with Crippen LogP contribution in [0, 0.1) is 0 Å². The van der Waals surface area contributed by atoms with Crippen LogP contribution in [0.4, 0.5) is 13.2 Å². The molecule has 0 aliphatic heterocycles. The van der Waals surface area contributed by atoms with E-state index in [4.69, 9.17) is 21.8 Å². The third-order valence-corrected chi connectivity index (χ3v) is 2.48. The smallest absolute Gasteiger partial charge is 0.419 e. The molecule has 2 aromatic rings. The van der Waals surface area contributed by atoms with E-state index >= 15 is 0 Å². The van der Waals surface area contributed by atoms with Gasteiger partial charge in [0.25, 0.3) is 5.89 Å². The number of benzene rings is 1. The number of esters is 1. The topological polar surface area (TPSA) is 91.2 Å². The minimum Gasteiger partial charge on any atom is -0.419 e. The van der Waals surface area contributed by atoms with Gasteiger partial charge < -0.3 is 14.9 Å². The Morgan fingerprint density at radius 1 is 1.38 bits per heavy atom. The molecule has 0 bridgehead atoms. The number of hydrogen-bond acceptors (Lipinski definition) is 6. The van der Waals surface area contributed by atoms with Crippen LogP contribution in [0.3, 0.4) is 0 Å². The summed E-state index contributed by atoms with van der Waals surface area (Å²) in [6, 6.07) is 3.69. The normalized spacial score (nSPS) is 11.5. The lowest BCUT2D eigenvalue weighted by Crippen LogP contribution is -2.28. The van der Waals surface area contributed by atoms with Gasteiger partial charge in [-0.05, 0) is 12.1 Å². The summed E-state index contributed by atoms with van der Waals surface area (Å²) in [6.07, 6.45) is -5.14. The van der Waals surface area contributed by atoms with Crippen molar-refractivity contribution in [3.63, 3.8) is 0 Å². The Hall–Kier alpha value is -2.13. The molecular weight excluding hydrogens is 315 g/mol. The van der Waals surface area contributed by atoms with E-state index in [-0.39, 0.29) is 28.9 Å². The van der Waals surface area contributed by atoms with Crippen molar-refractivity contribution in [3.8, 4) is 17.2 Å². The zero-order chi connectivity index (χ0) is 15.6. The van der Waals surface area contributed by atoms with Crippen molar-refractivity contribution in [1.82, 2.24) is 10.2 Å². The van der Waals surface area contributed by atoms with Gasteiger partial charge in [-0.25, -0.2) is 4.79 Å². The first-order valence-corrected chi connectivity index (χ1v) is 5.80. The molecule has 10 heteroatoms. The summed E-state index contributed by atoms with van der Waals surface area (Å²) < 4.78 is 46.1. The first kappa shape index (κ1) is 15.3. The molecule has 2 N–H and O–H groups in total. The average Bonchev–Trinajstić information content (AvgIpc) is 2.86. The van der Waals surface area contributed by atoms with Gasteiger partial charge >= 0.3 is 12.1 Å². The fourth-order valence-electron chi connectivity index (χ4n) is 1.36. The van der Waals surface area contributed by atoms with Crippen LogP contribution in [0.25, 0.3) is 11.5 Å².